The molecular weight excluding hydrogens is 559 g/mol. The highest BCUT2D eigenvalue weighted by Gasteiger charge is 2.41. The maximum Gasteiger partial charge on any atom is 0.245 e. The molecule has 2 aromatic carbocycles. The van der Waals surface area contributed by atoms with Crippen molar-refractivity contribution in [2.75, 3.05) is 33.7 Å². The lowest BCUT2D eigenvalue weighted by Crippen LogP contribution is -2.47. The maximum absolute atomic E-state index is 13.8. The van der Waals surface area contributed by atoms with Gasteiger partial charge in [0.05, 0.1) is 5.02 Å². The van der Waals surface area contributed by atoms with E-state index in [4.69, 9.17) is 27.9 Å². The minimum atomic E-state index is -4.08. The van der Waals surface area contributed by atoms with Gasteiger partial charge in [-0.1, -0.05) is 35.3 Å². The van der Waals surface area contributed by atoms with Crippen LogP contribution in [0.15, 0.2) is 41.3 Å². The second kappa shape index (κ2) is 12.4. The normalized spacial score (nSPS) is 16.1. The molecule has 1 aromatic heterocycles. The number of fused-ring (bicyclic) bond motifs is 1. The Morgan fingerprint density at radius 3 is 2.74 bits per heavy atom. The number of nitrogens with one attached hydrogen (secondary N) is 1. The molecular formula is C28H34Cl2N4O4S. The number of likely N-dealkylation sites (N-methyl/N-ethyl adjacent to an activating group) is 1. The van der Waals surface area contributed by atoms with Crippen molar-refractivity contribution in [1.82, 2.24) is 19.5 Å². The van der Waals surface area contributed by atoms with Crippen LogP contribution in [0.1, 0.15) is 36.1 Å². The fraction of sp³-hybridized carbons (Fsp3) is 0.429. The second-order valence-corrected chi connectivity index (χ2v) is 12.5. The number of para-hydroxylation sites is 1. The molecule has 1 amide bonds. The summed E-state index contributed by atoms with van der Waals surface area (Å²) in [7, 11) is -0.520. The number of pyridine rings is 1. The summed E-state index contributed by atoms with van der Waals surface area (Å²) < 4.78 is 35.0. The van der Waals surface area contributed by atoms with Gasteiger partial charge in [0.15, 0.2) is 0 Å². The van der Waals surface area contributed by atoms with Crippen molar-refractivity contribution >= 4 is 50.0 Å². The molecule has 0 saturated carbocycles. The van der Waals surface area contributed by atoms with Crippen LogP contribution in [0.25, 0.3) is 10.9 Å². The third-order valence-electron chi connectivity index (χ3n) is 7.03. The Hall–Kier alpha value is -2.43. The Morgan fingerprint density at radius 1 is 1.23 bits per heavy atom. The van der Waals surface area contributed by atoms with Crippen LogP contribution in [0.4, 0.5) is 0 Å². The smallest absolute Gasteiger partial charge is 0.245 e. The van der Waals surface area contributed by atoms with Gasteiger partial charge in [-0.3, -0.25) is 4.79 Å². The number of rotatable bonds is 10. The number of carbonyl (C=O) groups is 1. The zero-order valence-electron chi connectivity index (χ0n) is 22.6. The quantitative estimate of drug-likeness (QED) is 0.335. The first kappa shape index (κ1) is 29.6. The second-order valence-electron chi connectivity index (χ2n) is 9.85. The first-order valence-electron chi connectivity index (χ1n) is 12.9. The number of aryl methyl sites for hydroxylation is 2. The average molecular weight is 594 g/mol. The molecule has 2 heterocycles. The van der Waals surface area contributed by atoms with Crippen LogP contribution in [0.2, 0.25) is 10.0 Å². The number of hydrogen-bond acceptors (Lipinski definition) is 6. The minimum Gasteiger partial charge on any atom is -0.487 e. The highest BCUT2D eigenvalue weighted by Crippen LogP contribution is 2.37. The number of nitrogens with zero attached hydrogens (tertiary/aromatic N) is 3. The highest BCUT2D eigenvalue weighted by atomic mass is 35.5. The van der Waals surface area contributed by atoms with Crippen molar-refractivity contribution in [2.24, 2.45) is 0 Å². The lowest BCUT2D eigenvalue weighted by molar-refractivity contribution is -0.133. The fourth-order valence-corrected chi connectivity index (χ4v) is 7.50. The summed E-state index contributed by atoms with van der Waals surface area (Å²) in [6.07, 6.45) is 1.83. The Balaban J connectivity index is 1.60. The average Bonchev–Trinajstić information content (AvgIpc) is 3.39. The van der Waals surface area contributed by atoms with E-state index in [0.29, 0.717) is 36.2 Å². The van der Waals surface area contributed by atoms with E-state index in [0.717, 1.165) is 29.6 Å². The SMILES string of the molecule is CNCCCN(C)C(=O)C1CCCN1S(=O)(=O)c1ccc(Cl)c(COc2cccc3c(C)cc(C)nc23)c1Cl. The van der Waals surface area contributed by atoms with E-state index in [1.807, 2.05) is 45.2 Å². The molecule has 210 valence electrons. The van der Waals surface area contributed by atoms with Gasteiger partial charge < -0.3 is 15.0 Å². The number of carbonyl (C=O) groups excluding carboxylic acids is 1. The highest BCUT2D eigenvalue weighted by molar-refractivity contribution is 7.89. The molecule has 1 N–H and O–H groups in total. The third-order valence-corrected chi connectivity index (χ3v) is 9.88. The van der Waals surface area contributed by atoms with Crippen LogP contribution in [-0.2, 0) is 21.4 Å². The number of aromatic nitrogens is 1. The third kappa shape index (κ3) is 6.18. The van der Waals surface area contributed by atoms with E-state index >= 15 is 0 Å². The van der Waals surface area contributed by atoms with Gasteiger partial charge in [0.1, 0.15) is 28.8 Å². The van der Waals surface area contributed by atoms with Crippen LogP contribution >= 0.6 is 23.2 Å². The zero-order valence-corrected chi connectivity index (χ0v) is 25.0. The van der Waals surface area contributed by atoms with Crippen LogP contribution < -0.4 is 10.1 Å². The van der Waals surface area contributed by atoms with E-state index in [2.05, 4.69) is 10.3 Å². The first-order valence-corrected chi connectivity index (χ1v) is 15.1. The number of hydrogen-bond donors (Lipinski definition) is 1. The largest absolute Gasteiger partial charge is 0.487 e. The number of benzene rings is 2. The van der Waals surface area contributed by atoms with E-state index in [1.165, 1.54) is 16.4 Å². The molecule has 0 aliphatic carbocycles. The molecule has 4 rings (SSSR count). The van der Waals surface area contributed by atoms with Crippen molar-refractivity contribution in [3.05, 3.63) is 63.3 Å². The van der Waals surface area contributed by atoms with Crippen LogP contribution in [0.3, 0.4) is 0 Å². The molecule has 1 aliphatic rings. The van der Waals surface area contributed by atoms with Gasteiger partial charge >= 0.3 is 0 Å². The summed E-state index contributed by atoms with van der Waals surface area (Å²) in [4.78, 5) is 19.3. The fourth-order valence-electron chi connectivity index (χ4n) is 4.99. The van der Waals surface area contributed by atoms with Gasteiger partial charge in [-0.15, -0.1) is 0 Å². The van der Waals surface area contributed by atoms with E-state index in [-0.39, 0.29) is 34.0 Å². The Morgan fingerprint density at radius 2 is 2.00 bits per heavy atom. The molecule has 0 radical (unpaired) electrons. The molecule has 11 heteroatoms. The Bertz CT molecular complexity index is 1480. The predicted molar refractivity (Wildman–Crippen MR) is 155 cm³/mol. The minimum absolute atomic E-state index is 0.0106. The van der Waals surface area contributed by atoms with Gasteiger partial charge in [-0.05, 0) is 76.5 Å². The zero-order chi connectivity index (χ0) is 28.3. The molecule has 1 atom stereocenters. The van der Waals surface area contributed by atoms with Crippen molar-refractivity contribution in [3.8, 4) is 5.75 Å². The lowest BCUT2D eigenvalue weighted by atomic mass is 10.1. The van der Waals surface area contributed by atoms with Gasteiger partial charge in [0.2, 0.25) is 15.9 Å². The summed E-state index contributed by atoms with van der Waals surface area (Å²) in [6.45, 7) is 5.43. The van der Waals surface area contributed by atoms with Crippen molar-refractivity contribution in [2.45, 2.75) is 50.7 Å². The molecule has 3 aromatic rings. The number of ether oxygens (including phenoxy) is 1. The summed E-state index contributed by atoms with van der Waals surface area (Å²) >= 11 is 13.2. The topological polar surface area (TPSA) is 91.8 Å². The van der Waals surface area contributed by atoms with Gasteiger partial charge in [-0.2, -0.15) is 4.31 Å². The van der Waals surface area contributed by atoms with E-state index in [9.17, 15) is 13.2 Å². The number of halogens is 2. The maximum atomic E-state index is 13.8. The molecule has 8 nitrogen and oxygen atoms in total. The predicted octanol–water partition coefficient (Wildman–Crippen LogP) is 4.96. The van der Waals surface area contributed by atoms with Crippen LogP contribution in [0, 0.1) is 13.8 Å². The standard InChI is InChI=1S/C28H34Cl2N4O4S/c1-18-16-19(2)32-27-20(18)8-5-10-24(27)38-17-21-22(29)11-12-25(26(21)30)39(36,37)34-15-6-9-23(34)28(35)33(4)14-7-13-31-3/h5,8,10-12,16,23,31H,6-7,9,13-15,17H2,1-4H3. The van der Waals surface area contributed by atoms with E-state index < -0.39 is 16.1 Å². The monoisotopic (exact) mass is 592 g/mol. The van der Waals surface area contributed by atoms with Crippen molar-refractivity contribution in [3.63, 3.8) is 0 Å². The molecule has 0 bridgehead atoms. The molecule has 39 heavy (non-hydrogen) atoms. The molecule has 0 spiro atoms. The molecule has 1 fully saturated rings. The lowest BCUT2D eigenvalue weighted by Gasteiger charge is -2.28. The van der Waals surface area contributed by atoms with Crippen LogP contribution in [0.5, 0.6) is 5.75 Å². The summed E-state index contributed by atoms with van der Waals surface area (Å²) in [6, 6.07) is 9.80. The van der Waals surface area contributed by atoms with Crippen molar-refractivity contribution < 1.29 is 17.9 Å². The summed E-state index contributed by atoms with van der Waals surface area (Å²) in [5.74, 6) is 0.334. The molecule has 1 saturated heterocycles. The molecule has 1 unspecified atom stereocenters. The van der Waals surface area contributed by atoms with Gasteiger partial charge in [0, 0.05) is 41.8 Å². The van der Waals surface area contributed by atoms with E-state index in [1.54, 1.807) is 11.9 Å². The Labute approximate surface area is 240 Å². The van der Waals surface area contributed by atoms with Gasteiger partial charge in [-0.25, -0.2) is 13.4 Å². The Kier molecular flexibility index (Phi) is 9.39. The number of sulfonamides is 1. The summed E-state index contributed by atoms with van der Waals surface area (Å²) in [5.41, 5.74) is 3.01. The number of amides is 1. The van der Waals surface area contributed by atoms with Crippen LogP contribution in [-0.4, -0.2) is 68.3 Å². The molecule has 1 aliphatic heterocycles. The first-order chi connectivity index (χ1) is 18.6. The van der Waals surface area contributed by atoms with Gasteiger partial charge in [0.25, 0.3) is 0 Å². The van der Waals surface area contributed by atoms with Crippen molar-refractivity contribution in [1.29, 1.82) is 0 Å². The summed E-state index contributed by atoms with van der Waals surface area (Å²) in [5, 5.41) is 4.30.